The molecule has 0 aliphatic heterocycles. The van der Waals surface area contributed by atoms with Crippen LogP contribution in [0.2, 0.25) is 0 Å². The van der Waals surface area contributed by atoms with E-state index in [-0.39, 0.29) is 9.56 Å². The van der Waals surface area contributed by atoms with Crippen molar-refractivity contribution >= 4 is 42.4 Å². The monoisotopic (exact) mass is 365 g/mol. The number of hydrogen-bond donors (Lipinski definition) is 2. The topological polar surface area (TPSA) is 84.2 Å². The van der Waals surface area contributed by atoms with Crippen molar-refractivity contribution in [1.82, 2.24) is 10.3 Å². The molecule has 2 N–H and O–H groups in total. The van der Waals surface area contributed by atoms with Gasteiger partial charge in [0, 0.05) is 17.1 Å². The SMILES string of the molecule is CNCc1cc(S(=O)(=O)Nc2ncc(C)s2)c(Br)o1. The van der Waals surface area contributed by atoms with Gasteiger partial charge in [-0.3, -0.25) is 4.72 Å². The summed E-state index contributed by atoms with van der Waals surface area (Å²) in [5.74, 6) is 0.532. The highest BCUT2D eigenvalue weighted by Crippen LogP contribution is 2.28. The molecule has 2 aromatic rings. The number of thiazole rings is 1. The molecule has 0 spiro atoms. The van der Waals surface area contributed by atoms with Crippen molar-refractivity contribution < 1.29 is 12.8 Å². The summed E-state index contributed by atoms with van der Waals surface area (Å²) in [6, 6.07) is 1.48. The van der Waals surface area contributed by atoms with Gasteiger partial charge in [0.05, 0.1) is 6.54 Å². The first-order chi connectivity index (χ1) is 8.92. The number of furan rings is 1. The lowest BCUT2D eigenvalue weighted by molar-refractivity contribution is 0.470. The first kappa shape index (κ1) is 14.5. The molecule has 6 nitrogen and oxygen atoms in total. The zero-order chi connectivity index (χ0) is 14.0. The molecular formula is C10H12BrN3O3S2. The molecule has 0 saturated heterocycles. The maximum Gasteiger partial charge on any atom is 0.268 e. The predicted molar refractivity (Wildman–Crippen MR) is 76.8 cm³/mol. The minimum absolute atomic E-state index is 0.0607. The van der Waals surface area contributed by atoms with Gasteiger partial charge in [-0.05, 0) is 29.9 Å². The van der Waals surface area contributed by atoms with Crippen LogP contribution >= 0.6 is 27.3 Å². The van der Waals surface area contributed by atoms with Crippen molar-refractivity contribution in [3.8, 4) is 0 Å². The summed E-state index contributed by atoms with van der Waals surface area (Å²) in [7, 11) is -1.95. The lowest BCUT2D eigenvalue weighted by Gasteiger charge is -2.02. The number of aromatic nitrogens is 1. The second-order valence-electron chi connectivity index (χ2n) is 3.76. The van der Waals surface area contributed by atoms with Crippen molar-refractivity contribution in [2.75, 3.05) is 11.8 Å². The molecule has 2 heterocycles. The fourth-order valence-corrected chi connectivity index (χ4v) is 4.32. The minimum Gasteiger partial charge on any atom is -0.451 e. The average Bonchev–Trinajstić information content (AvgIpc) is 2.86. The lowest BCUT2D eigenvalue weighted by atomic mass is 10.4. The maximum atomic E-state index is 12.2. The Labute approximate surface area is 123 Å². The van der Waals surface area contributed by atoms with Crippen LogP contribution in [0, 0.1) is 6.92 Å². The summed E-state index contributed by atoms with van der Waals surface area (Å²) >= 11 is 4.38. The lowest BCUT2D eigenvalue weighted by Crippen LogP contribution is -2.12. The third-order valence-corrected chi connectivity index (χ3v) is 5.34. The molecule has 0 amide bonds. The van der Waals surface area contributed by atoms with E-state index in [1.807, 2.05) is 6.92 Å². The van der Waals surface area contributed by atoms with Crippen molar-refractivity contribution in [2.24, 2.45) is 0 Å². The number of rotatable bonds is 5. The second-order valence-corrected chi connectivity index (χ2v) is 7.37. The van der Waals surface area contributed by atoms with Gasteiger partial charge in [-0.25, -0.2) is 13.4 Å². The van der Waals surface area contributed by atoms with E-state index in [1.54, 1.807) is 13.2 Å². The molecule has 0 aromatic carbocycles. The first-order valence-electron chi connectivity index (χ1n) is 5.30. The number of nitrogens with zero attached hydrogens (tertiary/aromatic N) is 1. The summed E-state index contributed by atoms with van der Waals surface area (Å²) in [5.41, 5.74) is 0. The van der Waals surface area contributed by atoms with Crippen LogP contribution < -0.4 is 10.0 Å². The number of aryl methyl sites for hydroxylation is 1. The Kier molecular flexibility index (Phi) is 4.29. The number of anilines is 1. The van der Waals surface area contributed by atoms with Crippen LogP contribution in [0.15, 0.2) is 26.2 Å². The summed E-state index contributed by atoms with van der Waals surface area (Å²) in [5, 5.41) is 3.22. The van der Waals surface area contributed by atoms with Gasteiger partial charge in [-0.15, -0.1) is 11.3 Å². The number of nitrogens with one attached hydrogen (secondary N) is 2. The standard InChI is InChI=1S/C10H12BrN3O3S2/c1-6-4-13-10(18-6)14-19(15,16)8-3-7(5-12-2)17-9(8)11/h3-4,12H,5H2,1-2H3,(H,13,14). The highest BCUT2D eigenvalue weighted by molar-refractivity contribution is 9.10. The van der Waals surface area contributed by atoms with Crippen LogP contribution in [0.4, 0.5) is 5.13 Å². The van der Waals surface area contributed by atoms with Gasteiger partial charge < -0.3 is 9.73 Å². The number of hydrogen-bond acceptors (Lipinski definition) is 6. The molecule has 0 aliphatic carbocycles. The van der Waals surface area contributed by atoms with E-state index in [2.05, 4.69) is 31.0 Å². The Bertz CT molecular complexity index is 678. The van der Waals surface area contributed by atoms with E-state index in [1.165, 1.54) is 17.4 Å². The normalized spacial score (nSPS) is 11.7. The Hall–Kier alpha value is -0.900. The fourth-order valence-electron chi connectivity index (χ4n) is 1.41. The van der Waals surface area contributed by atoms with Crippen molar-refractivity contribution in [2.45, 2.75) is 18.4 Å². The van der Waals surface area contributed by atoms with Crippen LogP contribution in [-0.2, 0) is 16.6 Å². The van der Waals surface area contributed by atoms with Gasteiger partial charge in [0.15, 0.2) is 9.80 Å². The molecule has 2 rings (SSSR count). The third kappa shape index (κ3) is 3.35. The summed E-state index contributed by atoms with van der Waals surface area (Å²) < 4.78 is 32.3. The zero-order valence-corrected chi connectivity index (χ0v) is 13.4. The quantitative estimate of drug-likeness (QED) is 0.849. The van der Waals surface area contributed by atoms with Crippen molar-refractivity contribution in [1.29, 1.82) is 0 Å². The zero-order valence-electron chi connectivity index (χ0n) is 10.2. The highest BCUT2D eigenvalue weighted by Gasteiger charge is 2.23. The molecule has 0 atom stereocenters. The van der Waals surface area contributed by atoms with Gasteiger partial charge in [-0.2, -0.15) is 0 Å². The van der Waals surface area contributed by atoms with E-state index in [9.17, 15) is 8.42 Å². The van der Waals surface area contributed by atoms with E-state index < -0.39 is 10.0 Å². The molecule has 0 aliphatic rings. The van der Waals surface area contributed by atoms with Crippen LogP contribution in [0.3, 0.4) is 0 Å². The Morgan fingerprint density at radius 1 is 1.53 bits per heavy atom. The molecule has 2 aromatic heterocycles. The van der Waals surface area contributed by atoms with Crippen molar-refractivity contribution in [3.63, 3.8) is 0 Å². The average molecular weight is 366 g/mol. The Morgan fingerprint density at radius 2 is 2.26 bits per heavy atom. The highest BCUT2D eigenvalue weighted by atomic mass is 79.9. The molecule has 0 unspecified atom stereocenters. The smallest absolute Gasteiger partial charge is 0.268 e. The first-order valence-corrected chi connectivity index (χ1v) is 8.39. The molecule has 19 heavy (non-hydrogen) atoms. The number of sulfonamides is 1. The summed E-state index contributed by atoms with van der Waals surface area (Å²) in [6.07, 6.45) is 1.61. The van der Waals surface area contributed by atoms with Crippen LogP contribution in [-0.4, -0.2) is 20.4 Å². The molecule has 104 valence electrons. The largest absolute Gasteiger partial charge is 0.451 e. The molecule has 0 fully saturated rings. The summed E-state index contributed by atoms with van der Waals surface area (Å²) in [4.78, 5) is 4.96. The molecule has 0 bridgehead atoms. The minimum atomic E-state index is -3.70. The van der Waals surface area contributed by atoms with Crippen molar-refractivity contribution in [3.05, 3.63) is 27.6 Å². The number of halogens is 1. The maximum absolute atomic E-state index is 12.2. The Morgan fingerprint density at radius 3 is 2.84 bits per heavy atom. The van der Waals surface area contributed by atoms with E-state index in [0.717, 1.165) is 4.88 Å². The van der Waals surface area contributed by atoms with Gasteiger partial charge >= 0.3 is 0 Å². The fraction of sp³-hybridized carbons (Fsp3) is 0.300. The van der Waals surface area contributed by atoms with Crippen LogP contribution in [0.1, 0.15) is 10.6 Å². The van der Waals surface area contributed by atoms with Gasteiger partial charge in [0.25, 0.3) is 10.0 Å². The molecular weight excluding hydrogens is 354 g/mol. The van der Waals surface area contributed by atoms with Crippen LogP contribution in [0.5, 0.6) is 0 Å². The van der Waals surface area contributed by atoms with Gasteiger partial charge in [0.2, 0.25) is 0 Å². The van der Waals surface area contributed by atoms with Gasteiger partial charge in [-0.1, -0.05) is 0 Å². The third-order valence-electron chi connectivity index (χ3n) is 2.19. The molecule has 0 radical (unpaired) electrons. The predicted octanol–water partition coefficient (Wildman–Crippen LogP) is 2.33. The van der Waals surface area contributed by atoms with Gasteiger partial charge in [0.1, 0.15) is 10.7 Å². The summed E-state index contributed by atoms with van der Waals surface area (Å²) in [6.45, 7) is 2.30. The van der Waals surface area contributed by atoms with Crippen LogP contribution in [0.25, 0.3) is 0 Å². The van der Waals surface area contributed by atoms with E-state index in [4.69, 9.17) is 4.42 Å². The van der Waals surface area contributed by atoms with E-state index >= 15 is 0 Å². The Balaban J connectivity index is 2.28. The molecule has 0 saturated carbocycles. The second kappa shape index (κ2) is 5.61. The van der Waals surface area contributed by atoms with E-state index in [0.29, 0.717) is 17.4 Å². The molecule has 9 heteroatoms.